The maximum atomic E-state index is 12.2. The number of rotatable bonds is 7. The Labute approximate surface area is 117 Å². The molecule has 20 heavy (non-hydrogen) atoms. The number of non-ortho nitro benzene ring substituents is 1. The minimum atomic E-state index is -3.79. The van der Waals surface area contributed by atoms with Crippen LogP contribution in [0.15, 0.2) is 23.1 Å². The Hall–Kier alpha value is -1.71. The van der Waals surface area contributed by atoms with Crippen molar-refractivity contribution in [3.05, 3.63) is 28.3 Å². The van der Waals surface area contributed by atoms with E-state index in [0.717, 1.165) is 22.5 Å². The van der Waals surface area contributed by atoms with E-state index in [1.54, 1.807) is 0 Å². The van der Waals surface area contributed by atoms with Crippen LogP contribution in [0.4, 0.5) is 11.4 Å². The lowest BCUT2D eigenvalue weighted by atomic mass is 10.3. The van der Waals surface area contributed by atoms with E-state index in [4.69, 9.17) is 10.5 Å². The first kappa shape index (κ1) is 16.3. The van der Waals surface area contributed by atoms with Crippen LogP contribution in [0.3, 0.4) is 0 Å². The Bertz CT molecular complexity index is 588. The van der Waals surface area contributed by atoms with Gasteiger partial charge >= 0.3 is 0 Å². The van der Waals surface area contributed by atoms with Crippen LogP contribution >= 0.6 is 0 Å². The second-order valence-electron chi connectivity index (χ2n) is 4.00. The molecule has 0 aliphatic rings. The summed E-state index contributed by atoms with van der Waals surface area (Å²) in [5, 5.41) is 10.6. The van der Waals surface area contributed by atoms with Crippen LogP contribution in [0.1, 0.15) is 6.92 Å². The predicted octanol–water partition coefficient (Wildman–Crippen LogP) is 0.834. The lowest BCUT2D eigenvalue weighted by Gasteiger charge is -2.18. The molecule has 0 fully saturated rings. The zero-order valence-corrected chi connectivity index (χ0v) is 12.1. The summed E-state index contributed by atoms with van der Waals surface area (Å²) >= 11 is 0. The van der Waals surface area contributed by atoms with Crippen molar-refractivity contribution in [3.8, 4) is 0 Å². The largest absolute Gasteiger partial charge is 0.397 e. The van der Waals surface area contributed by atoms with Gasteiger partial charge in [-0.3, -0.25) is 10.1 Å². The smallest absolute Gasteiger partial charge is 0.271 e. The van der Waals surface area contributed by atoms with Crippen molar-refractivity contribution in [1.82, 2.24) is 4.31 Å². The third kappa shape index (κ3) is 3.65. The van der Waals surface area contributed by atoms with Crippen LogP contribution < -0.4 is 5.73 Å². The number of nitrogens with zero attached hydrogens (tertiary/aromatic N) is 2. The summed E-state index contributed by atoms with van der Waals surface area (Å²) in [7, 11) is -2.39. The standard InChI is InChI=1S/C11H17N3O5S/c1-3-19-7-6-13(2)20(17,18)11-5-4-9(14(15)16)8-10(11)12/h4-5,8H,3,6-7,12H2,1-2H3. The Morgan fingerprint density at radius 3 is 2.60 bits per heavy atom. The van der Waals surface area contributed by atoms with Crippen LogP contribution in [0.2, 0.25) is 0 Å². The minimum Gasteiger partial charge on any atom is -0.397 e. The van der Waals surface area contributed by atoms with E-state index in [-0.39, 0.29) is 29.4 Å². The second-order valence-corrected chi connectivity index (χ2v) is 6.02. The number of sulfonamides is 1. The molecular weight excluding hydrogens is 286 g/mol. The highest BCUT2D eigenvalue weighted by Gasteiger charge is 2.24. The highest BCUT2D eigenvalue weighted by Crippen LogP contribution is 2.25. The molecule has 0 unspecified atom stereocenters. The van der Waals surface area contributed by atoms with Gasteiger partial charge in [0.05, 0.1) is 17.2 Å². The van der Waals surface area contributed by atoms with E-state index < -0.39 is 14.9 Å². The zero-order chi connectivity index (χ0) is 15.3. The fourth-order valence-corrected chi connectivity index (χ4v) is 2.76. The molecule has 0 atom stereocenters. The Morgan fingerprint density at radius 2 is 2.10 bits per heavy atom. The molecule has 8 nitrogen and oxygen atoms in total. The number of likely N-dealkylation sites (N-methyl/N-ethyl adjacent to an activating group) is 1. The van der Waals surface area contributed by atoms with E-state index in [0.29, 0.717) is 6.61 Å². The Morgan fingerprint density at radius 1 is 1.45 bits per heavy atom. The van der Waals surface area contributed by atoms with Crippen molar-refractivity contribution in [1.29, 1.82) is 0 Å². The monoisotopic (exact) mass is 303 g/mol. The fourth-order valence-electron chi connectivity index (χ4n) is 1.51. The summed E-state index contributed by atoms with van der Waals surface area (Å²) in [4.78, 5) is 9.81. The molecule has 0 aliphatic heterocycles. The molecule has 0 aromatic heterocycles. The second kappa shape index (κ2) is 6.64. The van der Waals surface area contributed by atoms with Crippen LogP contribution in [-0.4, -0.2) is 44.5 Å². The topological polar surface area (TPSA) is 116 Å². The van der Waals surface area contributed by atoms with Crippen LogP contribution in [0.25, 0.3) is 0 Å². The van der Waals surface area contributed by atoms with Gasteiger partial charge in [-0.1, -0.05) is 0 Å². The average Bonchev–Trinajstić information content (AvgIpc) is 2.38. The highest BCUT2D eigenvalue weighted by molar-refractivity contribution is 7.89. The summed E-state index contributed by atoms with van der Waals surface area (Å²) in [6, 6.07) is 3.28. The van der Waals surface area contributed by atoms with Crippen molar-refractivity contribution in [2.75, 3.05) is 32.5 Å². The molecule has 0 aliphatic carbocycles. The number of nitrogen functional groups attached to an aromatic ring is 1. The molecule has 0 bridgehead atoms. The molecule has 0 spiro atoms. The van der Waals surface area contributed by atoms with Crippen molar-refractivity contribution in [2.45, 2.75) is 11.8 Å². The first-order valence-electron chi connectivity index (χ1n) is 5.88. The lowest BCUT2D eigenvalue weighted by Crippen LogP contribution is -2.30. The van der Waals surface area contributed by atoms with Gasteiger partial charge in [-0.05, 0) is 13.0 Å². The van der Waals surface area contributed by atoms with E-state index >= 15 is 0 Å². The maximum Gasteiger partial charge on any atom is 0.271 e. The molecule has 1 rings (SSSR count). The molecule has 0 amide bonds. The summed E-state index contributed by atoms with van der Waals surface area (Å²) in [5.74, 6) is 0. The highest BCUT2D eigenvalue weighted by atomic mass is 32.2. The summed E-state index contributed by atoms with van der Waals surface area (Å²) in [6.07, 6.45) is 0. The number of hydrogen-bond acceptors (Lipinski definition) is 6. The fraction of sp³-hybridized carbons (Fsp3) is 0.455. The van der Waals surface area contributed by atoms with Gasteiger partial charge in [0.15, 0.2) is 0 Å². The molecule has 0 saturated heterocycles. The SMILES string of the molecule is CCOCCN(C)S(=O)(=O)c1ccc([N+](=O)[O-])cc1N. The van der Waals surface area contributed by atoms with Crippen LogP contribution in [0, 0.1) is 10.1 Å². The molecule has 112 valence electrons. The van der Waals surface area contributed by atoms with E-state index in [1.165, 1.54) is 7.05 Å². The van der Waals surface area contributed by atoms with Gasteiger partial charge in [-0.25, -0.2) is 8.42 Å². The van der Waals surface area contributed by atoms with Gasteiger partial charge in [-0.2, -0.15) is 4.31 Å². The molecule has 0 saturated carbocycles. The molecule has 2 N–H and O–H groups in total. The van der Waals surface area contributed by atoms with E-state index in [2.05, 4.69) is 0 Å². The number of anilines is 1. The van der Waals surface area contributed by atoms with Gasteiger partial charge in [0, 0.05) is 32.3 Å². The van der Waals surface area contributed by atoms with Crippen molar-refractivity contribution < 1.29 is 18.1 Å². The first-order valence-corrected chi connectivity index (χ1v) is 7.32. The van der Waals surface area contributed by atoms with Gasteiger partial charge in [0.2, 0.25) is 10.0 Å². The number of nitro groups is 1. The maximum absolute atomic E-state index is 12.2. The molecule has 0 radical (unpaired) electrons. The van der Waals surface area contributed by atoms with Gasteiger partial charge < -0.3 is 10.5 Å². The number of hydrogen-bond donors (Lipinski definition) is 1. The zero-order valence-electron chi connectivity index (χ0n) is 11.3. The van der Waals surface area contributed by atoms with Crippen LogP contribution in [0.5, 0.6) is 0 Å². The minimum absolute atomic E-state index is 0.151. The van der Waals surface area contributed by atoms with Crippen molar-refractivity contribution in [2.24, 2.45) is 0 Å². The van der Waals surface area contributed by atoms with Crippen LogP contribution in [-0.2, 0) is 14.8 Å². The van der Waals surface area contributed by atoms with Crippen molar-refractivity contribution >= 4 is 21.4 Å². The van der Waals surface area contributed by atoms with Gasteiger partial charge in [0.1, 0.15) is 4.90 Å². The van der Waals surface area contributed by atoms with Gasteiger partial charge in [0.25, 0.3) is 5.69 Å². The number of nitrogens with two attached hydrogens (primary N) is 1. The molecule has 1 aromatic rings. The van der Waals surface area contributed by atoms with Gasteiger partial charge in [-0.15, -0.1) is 0 Å². The predicted molar refractivity (Wildman–Crippen MR) is 73.8 cm³/mol. The van der Waals surface area contributed by atoms with E-state index in [1.807, 2.05) is 6.92 Å². The lowest BCUT2D eigenvalue weighted by molar-refractivity contribution is -0.384. The normalized spacial score (nSPS) is 11.8. The molecule has 1 aromatic carbocycles. The third-order valence-electron chi connectivity index (χ3n) is 2.65. The first-order chi connectivity index (χ1) is 9.30. The van der Waals surface area contributed by atoms with Crippen molar-refractivity contribution in [3.63, 3.8) is 0 Å². The Balaban J connectivity index is 3.00. The number of nitro benzene ring substituents is 1. The molecule has 9 heteroatoms. The summed E-state index contributed by atoms with van der Waals surface area (Å²) in [6.45, 7) is 2.74. The van der Waals surface area contributed by atoms with E-state index in [9.17, 15) is 18.5 Å². The average molecular weight is 303 g/mol. The molecular formula is C11H17N3O5S. The Kier molecular flexibility index (Phi) is 5.43. The number of benzene rings is 1. The quantitative estimate of drug-likeness (QED) is 0.345. The summed E-state index contributed by atoms with van der Waals surface area (Å²) < 4.78 is 30.7. The third-order valence-corrected chi connectivity index (χ3v) is 4.58. The summed E-state index contributed by atoms with van der Waals surface area (Å²) in [5.41, 5.74) is 5.19. The molecule has 0 heterocycles. The number of ether oxygens (including phenoxy) is 1.